The van der Waals surface area contributed by atoms with Crippen LogP contribution in [0.25, 0.3) is 0 Å². The number of carbonyl (C=O) groups excluding carboxylic acids is 1. The van der Waals surface area contributed by atoms with Gasteiger partial charge in [0.2, 0.25) is 0 Å². The maximum Gasteiger partial charge on any atom is 0.319 e. The molecule has 9 heteroatoms. The molecule has 1 atom stereocenters. The normalized spacial score (nSPS) is 13.1. The van der Waals surface area contributed by atoms with Crippen molar-refractivity contribution < 1.29 is 19.8 Å². The maximum atomic E-state index is 13.6. The first kappa shape index (κ1) is 27.3. The van der Waals surface area contributed by atoms with Gasteiger partial charge in [-0.15, -0.1) is 0 Å². The van der Waals surface area contributed by atoms with Gasteiger partial charge in [0.05, 0.1) is 19.0 Å². The summed E-state index contributed by atoms with van der Waals surface area (Å²) in [6.07, 6.45) is 3.51. The lowest BCUT2D eigenvalue weighted by Crippen LogP contribution is -2.37. The number of benzene rings is 2. The second-order valence-corrected chi connectivity index (χ2v) is 10.1. The molecule has 0 saturated carbocycles. The van der Waals surface area contributed by atoms with E-state index in [1.54, 1.807) is 22.8 Å². The first-order valence-corrected chi connectivity index (χ1v) is 13.2. The minimum Gasteiger partial charge on any atom is -0.505 e. The summed E-state index contributed by atoms with van der Waals surface area (Å²) in [4.78, 5) is 38.1. The highest BCUT2D eigenvalue weighted by molar-refractivity contribution is 6.31. The number of fused-ring (bicyclic) bond motifs is 1. The lowest BCUT2D eigenvalue weighted by molar-refractivity contribution is -0.137. The third-order valence-electron chi connectivity index (χ3n) is 7.01. The van der Waals surface area contributed by atoms with Crippen LogP contribution in [0.3, 0.4) is 0 Å². The molecule has 200 valence electrons. The molecule has 8 nitrogen and oxygen atoms in total. The number of hydrogen-bond donors (Lipinski definition) is 4. The third-order valence-corrected chi connectivity index (χ3v) is 7.36. The summed E-state index contributed by atoms with van der Waals surface area (Å²) in [7, 11) is 0. The number of amides is 2. The van der Waals surface area contributed by atoms with E-state index in [0.29, 0.717) is 29.0 Å². The van der Waals surface area contributed by atoms with Crippen molar-refractivity contribution in [3.05, 3.63) is 91.4 Å². The largest absolute Gasteiger partial charge is 0.505 e. The maximum absolute atomic E-state index is 13.6. The Kier molecular flexibility index (Phi) is 8.42. The molecule has 4 rings (SSSR count). The predicted molar refractivity (Wildman–Crippen MR) is 147 cm³/mol. The number of pyridine rings is 1. The standard InChI is InChI=1S/C29H32ClN3O5/c1-3-6-18-11-13-19(14-12-18)23(15-25(34)35)31-29(38)32-26-27(36)20-8-5-10-24(20)33(28(26)37)16-21-17(2)7-4-9-22(21)30/h4,7,9,11-14,23,36H,3,5-6,8,10,15-16H2,1-2H3,(H,34,35)(H2,31,32,38)/t23-/m0/s1. The van der Waals surface area contributed by atoms with Crippen LogP contribution in [-0.4, -0.2) is 26.8 Å². The third kappa shape index (κ3) is 5.86. The van der Waals surface area contributed by atoms with Crippen molar-refractivity contribution in [3.63, 3.8) is 0 Å². The van der Waals surface area contributed by atoms with Gasteiger partial charge in [0.25, 0.3) is 5.56 Å². The van der Waals surface area contributed by atoms with E-state index in [1.807, 2.05) is 31.2 Å². The van der Waals surface area contributed by atoms with Crippen LogP contribution in [0.1, 0.15) is 65.7 Å². The van der Waals surface area contributed by atoms with E-state index in [4.69, 9.17) is 11.6 Å². The summed E-state index contributed by atoms with van der Waals surface area (Å²) in [6, 6.07) is 11.3. The Labute approximate surface area is 226 Å². The van der Waals surface area contributed by atoms with Gasteiger partial charge in [-0.25, -0.2) is 4.79 Å². The molecule has 0 spiro atoms. The molecule has 0 saturated heterocycles. The van der Waals surface area contributed by atoms with Crippen molar-refractivity contribution in [2.45, 2.75) is 65.0 Å². The number of nitrogens with one attached hydrogen (secondary N) is 2. The van der Waals surface area contributed by atoms with Crippen LogP contribution >= 0.6 is 11.6 Å². The molecule has 0 fully saturated rings. The molecule has 0 unspecified atom stereocenters. The Bertz CT molecular complexity index is 1390. The fourth-order valence-corrected chi connectivity index (χ4v) is 5.32. The minimum atomic E-state index is -1.08. The van der Waals surface area contributed by atoms with Crippen molar-refractivity contribution in [1.29, 1.82) is 0 Å². The van der Waals surface area contributed by atoms with Gasteiger partial charge in [-0.1, -0.05) is 61.3 Å². The van der Waals surface area contributed by atoms with Crippen LogP contribution in [0.2, 0.25) is 5.02 Å². The van der Waals surface area contributed by atoms with Crippen molar-refractivity contribution in [2.24, 2.45) is 0 Å². The summed E-state index contributed by atoms with van der Waals surface area (Å²) < 4.78 is 1.56. The lowest BCUT2D eigenvalue weighted by Gasteiger charge is -2.21. The molecule has 1 aliphatic rings. The Morgan fingerprint density at radius 3 is 2.53 bits per heavy atom. The molecule has 38 heavy (non-hydrogen) atoms. The molecule has 0 bridgehead atoms. The molecule has 0 radical (unpaired) electrons. The van der Waals surface area contributed by atoms with E-state index in [1.165, 1.54) is 0 Å². The lowest BCUT2D eigenvalue weighted by atomic mass is 10.0. The highest BCUT2D eigenvalue weighted by Crippen LogP contribution is 2.34. The van der Waals surface area contributed by atoms with Crippen LogP contribution < -0.4 is 16.2 Å². The number of anilines is 1. The number of carbonyl (C=O) groups is 2. The summed E-state index contributed by atoms with van der Waals surface area (Å²) in [5.41, 5.74) is 4.04. The molecule has 2 amide bonds. The number of halogens is 1. The van der Waals surface area contributed by atoms with E-state index in [0.717, 1.165) is 41.6 Å². The van der Waals surface area contributed by atoms with Crippen LogP contribution in [0, 0.1) is 6.92 Å². The van der Waals surface area contributed by atoms with Gasteiger partial charge in [-0.2, -0.15) is 0 Å². The first-order valence-electron chi connectivity index (χ1n) is 12.8. The van der Waals surface area contributed by atoms with Gasteiger partial charge in [-0.05, 0) is 60.9 Å². The average Bonchev–Trinajstić information content (AvgIpc) is 3.36. The number of urea groups is 1. The van der Waals surface area contributed by atoms with Crippen LogP contribution in [-0.2, 0) is 30.6 Å². The summed E-state index contributed by atoms with van der Waals surface area (Å²) in [5, 5.41) is 26.1. The van der Waals surface area contributed by atoms with Crippen molar-refractivity contribution >= 4 is 29.3 Å². The Balaban J connectivity index is 1.64. The zero-order valence-electron chi connectivity index (χ0n) is 21.5. The number of aryl methyl sites for hydroxylation is 2. The number of nitrogens with zero attached hydrogens (tertiary/aromatic N) is 1. The van der Waals surface area contributed by atoms with Gasteiger partial charge < -0.3 is 25.4 Å². The average molecular weight is 538 g/mol. The molecule has 0 aliphatic heterocycles. The zero-order chi connectivity index (χ0) is 27.4. The molecular formula is C29H32ClN3O5. The SMILES string of the molecule is CCCc1ccc([C@H](CC(=O)O)NC(=O)Nc2c(O)c3c(n(Cc4c(C)cccc4Cl)c2=O)CCC3)cc1. The smallest absolute Gasteiger partial charge is 0.319 e. The molecule has 4 N–H and O–H groups in total. The van der Waals surface area contributed by atoms with Crippen LogP contribution in [0.15, 0.2) is 47.3 Å². The van der Waals surface area contributed by atoms with E-state index < -0.39 is 23.6 Å². The minimum absolute atomic E-state index is 0.203. The predicted octanol–water partition coefficient (Wildman–Crippen LogP) is 5.34. The Hall–Kier alpha value is -3.78. The van der Waals surface area contributed by atoms with E-state index in [-0.39, 0.29) is 24.4 Å². The van der Waals surface area contributed by atoms with Crippen molar-refractivity contribution in [1.82, 2.24) is 9.88 Å². The number of hydrogen-bond acceptors (Lipinski definition) is 4. The number of rotatable bonds is 9. The molecule has 3 aromatic rings. The number of aliphatic carboxylic acids is 1. The molecule has 2 aromatic carbocycles. The van der Waals surface area contributed by atoms with Crippen LogP contribution in [0.4, 0.5) is 10.5 Å². The van der Waals surface area contributed by atoms with E-state index in [2.05, 4.69) is 17.6 Å². The van der Waals surface area contributed by atoms with Crippen LogP contribution in [0.5, 0.6) is 5.75 Å². The molecule has 1 aliphatic carbocycles. The van der Waals surface area contributed by atoms with Gasteiger partial charge in [0.1, 0.15) is 5.75 Å². The summed E-state index contributed by atoms with van der Waals surface area (Å²) >= 11 is 6.43. The molecule has 1 heterocycles. The highest BCUT2D eigenvalue weighted by atomic mass is 35.5. The Morgan fingerprint density at radius 2 is 1.87 bits per heavy atom. The summed E-state index contributed by atoms with van der Waals surface area (Å²) in [5.74, 6) is -1.32. The first-order chi connectivity index (χ1) is 18.2. The fourth-order valence-electron chi connectivity index (χ4n) is 5.04. The van der Waals surface area contributed by atoms with Gasteiger partial charge >= 0.3 is 12.0 Å². The Morgan fingerprint density at radius 1 is 1.13 bits per heavy atom. The quantitative estimate of drug-likeness (QED) is 0.293. The van der Waals surface area contributed by atoms with Gasteiger partial charge in [0.15, 0.2) is 5.69 Å². The molecular weight excluding hydrogens is 506 g/mol. The van der Waals surface area contributed by atoms with Crippen molar-refractivity contribution in [2.75, 3.05) is 5.32 Å². The zero-order valence-corrected chi connectivity index (χ0v) is 22.3. The number of carboxylic acids is 1. The monoisotopic (exact) mass is 537 g/mol. The fraction of sp³-hybridized carbons (Fsp3) is 0.345. The number of aromatic nitrogens is 1. The summed E-state index contributed by atoms with van der Waals surface area (Å²) in [6.45, 7) is 4.19. The van der Waals surface area contributed by atoms with E-state index in [9.17, 15) is 24.6 Å². The van der Waals surface area contributed by atoms with Gasteiger partial charge in [0, 0.05) is 16.3 Å². The highest BCUT2D eigenvalue weighted by Gasteiger charge is 2.27. The second-order valence-electron chi connectivity index (χ2n) is 9.67. The number of aromatic hydroxyl groups is 1. The van der Waals surface area contributed by atoms with Crippen molar-refractivity contribution in [3.8, 4) is 5.75 Å². The topological polar surface area (TPSA) is 121 Å². The number of carboxylic acid groups (broad SMARTS) is 1. The van der Waals surface area contributed by atoms with E-state index >= 15 is 0 Å². The second kappa shape index (κ2) is 11.7. The van der Waals surface area contributed by atoms with Gasteiger partial charge in [-0.3, -0.25) is 9.59 Å². The molecule has 1 aromatic heterocycles.